The molecule has 2 unspecified atom stereocenters. The van der Waals surface area contributed by atoms with Gasteiger partial charge in [0, 0.05) is 23.2 Å². The maximum Gasteiger partial charge on any atom is 0.315 e. The predicted molar refractivity (Wildman–Crippen MR) is 89.3 cm³/mol. The van der Waals surface area contributed by atoms with E-state index in [0.717, 1.165) is 24.2 Å². The predicted octanol–water partition coefficient (Wildman–Crippen LogP) is 3.97. The van der Waals surface area contributed by atoms with E-state index < -0.39 is 0 Å². The molecule has 2 atom stereocenters. The van der Waals surface area contributed by atoms with Crippen molar-refractivity contribution < 1.29 is 9.53 Å². The summed E-state index contributed by atoms with van der Waals surface area (Å²) in [4.78, 5) is 12.1. The second-order valence-corrected chi connectivity index (χ2v) is 6.83. The van der Waals surface area contributed by atoms with E-state index in [9.17, 15) is 4.79 Å². The lowest BCUT2D eigenvalue weighted by Crippen LogP contribution is -2.44. The number of carbonyl (C=O) groups excluding carboxylic acids is 1. The van der Waals surface area contributed by atoms with Crippen LogP contribution in [0, 0.1) is 11.8 Å². The molecule has 2 N–H and O–H groups in total. The largest absolute Gasteiger partial charge is 0.496 e. The van der Waals surface area contributed by atoms with Gasteiger partial charge in [-0.2, -0.15) is 0 Å². The zero-order valence-electron chi connectivity index (χ0n) is 13.5. The number of carbonyl (C=O) groups is 1. The van der Waals surface area contributed by atoms with Crippen molar-refractivity contribution in [3.63, 3.8) is 0 Å². The molecule has 122 valence electrons. The lowest BCUT2D eigenvalue weighted by molar-refractivity contribution is 0.213. The summed E-state index contributed by atoms with van der Waals surface area (Å²) in [5, 5.41) is 6.60. The third-order valence-electron chi connectivity index (χ3n) is 4.20. The van der Waals surface area contributed by atoms with Gasteiger partial charge >= 0.3 is 6.03 Å². The monoisotopic (exact) mass is 324 g/mol. The highest BCUT2D eigenvalue weighted by Crippen LogP contribution is 2.28. The first-order valence-electron chi connectivity index (χ1n) is 7.84. The van der Waals surface area contributed by atoms with Crippen molar-refractivity contribution >= 4 is 17.6 Å². The van der Waals surface area contributed by atoms with Crippen LogP contribution in [0.3, 0.4) is 0 Å². The van der Waals surface area contributed by atoms with Gasteiger partial charge in [0.05, 0.1) is 7.11 Å². The Morgan fingerprint density at radius 3 is 2.59 bits per heavy atom. The van der Waals surface area contributed by atoms with Crippen LogP contribution in [-0.4, -0.2) is 19.2 Å². The fourth-order valence-electron chi connectivity index (χ4n) is 3.36. The molecule has 0 aromatic heterocycles. The van der Waals surface area contributed by atoms with Crippen molar-refractivity contribution in [2.45, 2.75) is 45.7 Å². The minimum absolute atomic E-state index is 0.131. The summed E-state index contributed by atoms with van der Waals surface area (Å²) < 4.78 is 5.28. The second-order valence-electron chi connectivity index (χ2n) is 6.40. The summed E-state index contributed by atoms with van der Waals surface area (Å²) in [5.74, 6) is 2.06. The SMILES string of the molecule is COc1ccc(Cl)cc1CNC(=O)NC1CC(C)CC(C)C1. The Balaban J connectivity index is 1.86. The van der Waals surface area contributed by atoms with Crippen molar-refractivity contribution in [1.29, 1.82) is 0 Å². The molecule has 0 bridgehead atoms. The molecule has 1 fully saturated rings. The van der Waals surface area contributed by atoms with E-state index >= 15 is 0 Å². The third-order valence-corrected chi connectivity index (χ3v) is 4.43. The van der Waals surface area contributed by atoms with Gasteiger partial charge in [-0.25, -0.2) is 4.79 Å². The maximum atomic E-state index is 12.1. The molecule has 5 heteroatoms. The van der Waals surface area contributed by atoms with E-state index in [-0.39, 0.29) is 12.1 Å². The first kappa shape index (κ1) is 16.9. The number of hydrogen-bond donors (Lipinski definition) is 2. The van der Waals surface area contributed by atoms with Gasteiger partial charge in [-0.15, -0.1) is 0 Å². The molecule has 0 radical (unpaired) electrons. The van der Waals surface area contributed by atoms with Crippen molar-refractivity contribution in [2.24, 2.45) is 11.8 Å². The number of ether oxygens (including phenoxy) is 1. The number of halogens is 1. The molecule has 0 heterocycles. The molecule has 1 aliphatic rings. The van der Waals surface area contributed by atoms with Gasteiger partial charge in [0.25, 0.3) is 0 Å². The van der Waals surface area contributed by atoms with Crippen LogP contribution >= 0.6 is 11.6 Å². The van der Waals surface area contributed by atoms with E-state index in [1.807, 2.05) is 12.1 Å². The molecule has 2 amide bonds. The number of methoxy groups -OCH3 is 1. The van der Waals surface area contributed by atoms with Crippen molar-refractivity contribution in [3.05, 3.63) is 28.8 Å². The van der Waals surface area contributed by atoms with E-state index in [4.69, 9.17) is 16.3 Å². The molecule has 1 aliphatic carbocycles. The average Bonchev–Trinajstić information content (AvgIpc) is 2.44. The van der Waals surface area contributed by atoms with Crippen molar-refractivity contribution in [1.82, 2.24) is 10.6 Å². The van der Waals surface area contributed by atoms with Crippen LogP contribution in [0.4, 0.5) is 4.79 Å². The molecule has 1 saturated carbocycles. The summed E-state index contributed by atoms with van der Waals surface area (Å²) in [6.45, 7) is 4.89. The standard InChI is InChI=1S/C17H25ClN2O2/c1-11-6-12(2)8-15(7-11)20-17(21)19-10-13-9-14(18)4-5-16(13)22-3/h4-5,9,11-12,15H,6-8,10H2,1-3H3,(H2,19,20,21). The highest BCUT2D eigenvalue weighted by molar-refractivity contribution is 6.30. The van der Waals surface area contributed by atoms with Crippen LogP contribution < -0.4 is 15.4 Å². The Bertz CT molecular complexity index is 511. The molecule has 0 aliphatic heterocycles. The van der Waals surface area contributed by atoms with Crippen LogP contribution in [-0.2, 0) is 6.54 Å². The Labute approximate surface area is 137 Å². The first-order chi connectivity index (χ1) is 10.5. The summed E-state index contributed by atoms with van der Waals surface area (Å²) in [7, 11) is 1.61. The van der Waals surface area contributed by atoms with E-state index in [0.29, 0.717) is 23.4 Å². The number of rotatable bonds is 4. The molecular weight excluding hydrogens is 300 g/mol. The normalized spacial score (nSPS) is 24.6. The van der Waals surface area contributed by atoms with Crippen LogP contribution in [0.1, 0.15) is 38.7 Å². The Kier molecular flexibility index (Phi) is 5.95. The van der Waals surface area contributed by atoms with Gasteiger partial charge < -0.3 is 15.4 Å². The number of nitrogens with one attached hydrogen (secondary N) is 2. The molecule has 2 rings (SSSR count). The minimum Gasteiger partial charge on any atom is -0.496 e. The smallest absolute Gasteiger partial charge is 0.315 e. The Morgan fingerprint density at radius 1 is 1.27 bits per heavy atom. The number of urea groups is 1. The topological polar surface area (TPSA) is 50.4 Å². The second kappa shape index (κ2) is 7.73. The Hall–Kier alpha value is -1.42. The quantitative estimate of drug-likeness (QED) is 0.880. The Morgan fingerprint density at radius 2 is 1.95 bits per heavy atom. The van der Waals surface area contributed by atoms with Crippen LogP contribution in [0.15, 0.2) is 18.2 Å². The van der Waals surface area contributed by atoms with E-state index in [1.165, 1.54) is 6.42 Å². The van der Waals surface area contributed by atoms with Crippen LogP contribution in [0.5, 0.6) is 5.75 Å². The third kappa shape index (κ3) is 4.80. The minimum atomic E-state index is -0.131. The fourth-order valence-corrected chi connectivity index (χ4v) is 3.56. The molecule has 4 nitrogen and oxygen atoms in total. The van der Waals surface area contributed by atoms with Crippen molar-refractivity contribution in [2.75, 3.05) is 7.11 Å². The summed E-state index contributed by atoms with van der Waals surface area (Å²) in [6, 6.07) is 5.52. The van der Waals surface area contributed by atoms with Gasteiger partial charge in [0.15, 0.2) is 0 Å². The summed E-state index contributed by atoms with van der Waals surface area (Å²) in [5.41, 5.74) is 0.871. The maximum absolute atomic E-state index is 12.1. The summed E-state index contributed by atoms with van der Waals surface area (Å²) in [6.07, 6.45) is 3.36. The molecule has 0 saturated heterocycles. The lowest BCUT2D eigenvalue weighted by Gasteiger charge is -2.31. The highest BCUT2D eigenvalue weighted by atomic mass is 35.5. The van der Waals surface area contributed by atoms with Crippen LogP contribution in [0.2, 0.25) is 5.02 Å². The first-order valence-corrected chi connectivity index (χ1v) is 8.22. The van der Waals surface area contributed by atoms with Gasteiger partial charge in [-0.05, 0) is 49.3 Å². The van der Waals surface area contributed by atoms with Gasteiger partial charge in [-0.3, -0.25) is 0 Å². The highest BCUT2D eigenvalue weighted by Gasteiger charge is 2.24. The van der Waals surface area contributed by atoms with Gasteiger partial charge in [-0.1, -0.05) is 25.4 Å². The number of amides is 2. The lowest BCUT2D eigenvalue weighted by atomic mass is 9.80. The molecule has 1 aromatic carbocycles. The van der Waals surface area contributed by atoms with Crippen LogP contribution in [0.25, 0.3) is 0 Å². The van der Waals surface area contributed by atoms with E-state index in [1.54, 1.807) is 13.2 Å². The molecular formula is C17H25ClN2O2. The number of benzene rings is 1. The fraction of sp³-hybridized carbons (Fsp3) is 0.588. The molecule has 0 spiro atoms. The van der Waals surface area contributed by atoms with Crippen molar-refractivity contribution in [3.8, 4) is 5.75 Å². The number of hydrogen-bond acceptors (Lipinski definition) is 2. The summed E-state index contributed by atoms with van der Waals surface area (Å²) >= 11 is 5.99. The van der Waals surface area contributed by atoms with Gasteiger partial charge in [0.1, 0.15) is 5.75 Å². The molecule has 22 heavy (non-hydrogen) atoms. The van der Waals surface area contributed by atoms with Gasteiger partial charge in [0.2, 0.25) is 0 Å². The zero-order valence-corrected chi connectivity index (χ0v) is 14.2. The molecule has 1 aromatic rings. The average molecular weight is 325 g/mol. The van der Waals surface area contributed by atoms with E-state index in [2.05, 4.69) is 24.5 Å². The zero-order chi connectivity index (χ0) is 16.1.